The summed E-state index contributed by atoms with van der Waals surface area (Å²) in [6, 6.07) is 14.4. The monoisotopic (exact) mass is 332 g/mol. The number of sulfonamides is 1. The van der Waals surface area contributed by atoms with Crippen molar-refractivity contribution in [3.05, 3.63) is 54.1 Å². The summed E-state index contributed by atoms with van der Waals surface area (Å²) in [5.41, 5.74) is 2.75. The maximum absolute atomic E-state index is 12.4. The van der Waals surface area contributed by atoms with E-state index in [0.29, 0.717) is 5.69 Å². The van der Waals surface area contributed by atoms with Crippen LogP contribution in [0.3, 0.4) is 0 Å². The SMILES string of the molecule is CCCCc1ccc(S(=O)(=O)Nc2ccc(N(C)C)cc2)cc1. The normalized spacial score (nSPS) is 11.3. The van der Waals surface area contributed by atoms with Crippen molar-refractivity contribution in [1.82, 2.24) is 0 Å². The topological polar surface area (TPSA) is 49.4 Å². The summed E-state index contributed by atoms with van der Waals surface area (Å²) in [4.78, 5) is 2.25. The number of unbranched alkanes of at least 4 members (excludes halogenated alkanes) is 1. The highest BCUT2D eigenvalue weighted by Gasteiger charge is 2.14. The van der Waals surface area contributed by atoms with Gasteiger partial charge in [0.05, 0.1) is 4.90 Å². The molecule has 4 nitrogen and oxygen atoms in total. The van der Waals surface area contributed by atoms with Crippen molar-refractivity contribution in [1.29, 1.82) is 0 Å². The maximum atomic E-state index is 12.4. The van der Waals surface area contributed by atoms with Gasteiger partial charge in [0.15, 0.2) is 0 Å². The van der Waals surface area contributed by atoms with Crippen LogP contribution >= 0.6 is 0 Å². The van der Waals surface area contributed by atoms with Crippen LogP contribution in [0.15, 0.2) is 53.4 Å². The average Bonchev–Trinajstić information content (AvgIpc) is 2.53. The molecule has 0 aliphatic rings. The van der Waals surface area contributed by atoms with Crippen molar-refractivity contribution in [2.24, 2.45) is 0 Å². The first-order valence-corrected chi connectivity index (χ1v) is 9.30. The molecule has 2 aromatic carbocycles. The molecule has 0 heterocycles. The minimum atomic E-state index is -3.55. The maximum Gasteiger partial charge on any atom is 0.261 e. The van der Waals surface area contributed by atoms with E-state index in [0.717, 1.165) is 24.9 Å². The molecule has 0 radical (unpaired) electrons. The first-order valence-electron chi connectivity index (χ1n) is 7.81. The number of anilines is 2. The van der Waals surface area contributed by atoms with E-state index in [9.17, 15) is 8.42 Å². The summed E-state index contributed by atoms with van der Waals surface area (Å²) in [5, 5.41) is 0. The number of aryl methyl sites for hydroxylation is 1. The van der Waals surface area contributed by atoms with Gasteiger partial charge in [-0.1, -0.05) is 25.5 Å². The average molecular weight is 332 g/mol. The lowest BCUT2D eigenvalue weighted by Gasteiger charge is -2.13. The first kappa shape index (κ1) is 17.3. The van der Waals surface area contributed by atoms with Crippen molar-refractivity contribution >= 4 is 21.4 Å². The predicted molar refractivity (Wildman–Crippen MR) is 96.6 cm³/mol. The van der Waals surface area contributed by atoms with Crippen LogP contribution in [0.5, 0.6) is 0 Å². The Hall–Kier alpha value is -2.01. The third-order valence-electron chi connectivity index (χ3n) is 3.69. The summed E-state index contributed by atoms with van der Waals surface area (Å²) in [6.07, 6.45) is 3.23. The smallest absolute Gasteiger partial charge is 0.261 e. The van der Waals surface area contributed by atoms with Gasteiger partial charge in [-0.25, -0.2) is 8.42 Å². The Labute approximate surface area is 139 Å². The van der Waals surface area contributed by atoms with Crippen LogP contribution in [-0.2, 0) is 16.4 Å². The van der Waals surface area contributed by atoms with E-state index in [1.165, 1.54) is 5.56 Å². The second-order valence-corrected chi connectivity index (χ2v) is 7.48. The summed E-state index contributed by atoms with van der Waals surface area (Å²) in [6.45, 7) is 2.14. The minimum Gasteiger partial charge on any atom is -0.378 e. The molecule has 0 atom stereocenters. The molecule has 0 unspecified atom stereocenters. The molecule has 0 saturated heterocycles. The fourth-order valence-electron chi connectivity index (χ4n) is 2.26. The zero-order valence-electron chi connectivity index (χ0n) is 13.9. The van der Waals surface area contributed by atoms with Gasteiger partial charge < -0.3 is 4.90 Å². The van der Waals surface area contributed by atoms with E-state index < -0.39 is 10.0 Å². The van der Waals surface area contributed by atoms with Crippen molar-refractivity contribution in [3.8, 4) is 0 Å². The number of benzene rings is 2. The molecule has 2 rings (SSSR count). The molecule has 0 saturated carbocycles. The Kier molecular flexibility index (Phi) is 5.66. The fourth-order valence-corrected chi connectivity index (χ4v) is 3.32. The molecule has 0 spiro atoms. The van der Waals surface area contributed by atoms with E-state index in [2.05, 4.69) is 11.6 Å². The lowest BCUT2D eigenvalue weighted by Crippen LogP contribution is -2.13. The van der Waals surface area contributed by atoms with E-state index in [4.69, 9.17) is 0 Å². The molecule has 0 aliphatic carbocycles. The van der Waals surface area contributed by atoms with E-state index in [-0.39, 0.29) is 4.90 Å². The van der Waals surface area contributed by atoms with Gasteiger partial charge in [0, 0.05) is 25.5 Å². The quantitative estimate of drug-likeness (QED) is 0.836. The Morgan fingerprint density at radius 3 is 2.09 bits per heavy atom. The molecular weight excluding hydrogens is 308 g/mol. The summed E-state index contributed by atoms with van der Waals surface area (Å²) < 4.78 is 27.5. The third-order valence-corrected chi connectivity index (χ3v) is 5.09. The molecule has 124 valence electrons. The third kappa shape index (κ3) is 4.73. The molecule has 0 aromatic heterocycles. The minimum absolute atomic E-state index is 0.287. The molecule has 0 fully saturated rings. The first-order chi connectivity index (χ1) is 10.9. The van der Waals surface area contributed by atoms with Gasteiger partial charge in [-0.3, -0.25) is 4.72 Å². The van der Waals surface area contributed by atoms with Crippen LogP contribution in [0, 0.1) is 0 Å². The molecular formula is C18H24N2O2S. The van der Waals surface area contributed by atoms with Gasteiger partial charge >= 0.3 is 0 Å². The fraction of sp³-hybridized carbons (Fsp3) is 0.333. The van der Waals surface area contributed by atoms with Gasteiger partial charge in [0.1, 0.15) is 0 Å². The zero-order valence-corrected chi connectivity index (χ0v) is 14.7. The Bertz CT molecular complexity index is 721. The largest absolute Gasteiger partial charge is 0.378 e. The van der Waals surface area contributed by atoms with Gasteiger partial charge in [-0.05, 0) is 54.8 Å². The highest BCUT2D eigenvalue weighted by molar-refractivity contribution is 7.92. The van der Waals surface area contributed by atoms with Gasteiger partial charge in [-0.15, -0.1) is 0 Å². The Balaban J connectivity index is 2.11. The van der Waals surface area contributed by atoms with E-state index >= 15 is 0 Å². The Morgan fingerprint density at radius 2 is 1.57 bits per heavy atom. The number of hydrogen-bond acceptors (Lipinski definition) is 3. The standard InChI is InChI=1S/C18H24N2O2S/c1-4-5-6-15-7-13-18(14-8-15)23(21,22)19-16-9-11-17(12-10-16)20(2)3/h7-14,19H,4-6H2,1-3H3. The molecule has 0 amide bonds. The second kappa shape index (κ2) is 7.51. The van der Waals surface area contributed by atoms with Crippen LogP contribution in [0.1, 0.15) is 25.3 Å². The van der Waals surface area contributed by atoms with Crippen molar-refractivity contribution in [3.63, 3.8) is 0 Å². The van der Waals surface area contributed by atoms with E-state index in [1.807, 2.05) is 43.3 Å². The van der Waals surface area contributed by atoms with E-state index in [1.54, 1.807) is 24.3 Å². The van der Waals surface area contributed by atoms with Crippen LogP contribution in [0.25, 0.3) is 0 Å². The van der Waals surface area contributed by atoms with Crippen LogP contribution in [-0.4, -0.2) is 22.5 Å². The van der Waals surface area contributed by atoms with Gasteiger partial charge in [-0.2, -0.15) is 0 Å². The number of nitrogens with zero attached hydrogens (tertiary/aromatic N) is 1. The van der Waals surface area contributed by atoms with Gasteiger partial charge in [0.2, 0.25) is 0 Å². The molecule has 1 N–H and O–H groups in total. The summed E-state index contributed by atoms with van der Waals surface area (Å²) in [7, 11) is 0.340. The van der Waals surface area contributed by atoms with Crippen LogP contribution in [0.2, 0.25) is 0 Å². The second-order valence-electron chi connectivity index (χ2n) is 5.79. The molecule has 2 aromatic rings. The lowest BCUT2D eigenvalue weighted by molar-refractivity contribution is 0.601. The van der Waals surface area contributed by atoms with Crippen molar-refractivity contribution < 1.29 is 8.42 Å². The Morgan fingerprint density at radius 1 is 0.957 bits per heavy atom. The van der Waals surface area contributed by atoms with Crippen molar-refractivity contribution in [2.75, 3.05) is 23.7 Å². The number of nitrogens with one attached hydrogen (secondary N) is 1. The van der Waals surface area contributed by atoms with Gasteiger partial charge in [0.25, 0.3) is 10.0 Å². The number of hydrogen-bond donors (Lipinski definition) is 1. The predicted octanol–water partition coefficient (Wildman–Crippen LogP) is 3.90. The molecule has 0 aliphatic heterocycles. The molecule has 5 heteroatoms. The lowest BCUT2D eigenvalue weighted by atomic mass is 10.1. The number of rotatable bonds is 7. The summed E-state index contributed by atoms with van der Waals surface area (Å²) >= 11 is 0. The highest BCUT2D eigenvalue weighted by atomic mass is 32.2. The molecule has 23 heavy (non-hydrogen) atoms. The summed E-state index contributed by atoms with van der Waals surface area (Å²) in [5.74, 6) is 0. The molecule has 0 bridgehead atoms. The van der Waals surface area contributed by atoms with Crippen molar-refractivity contribution in [2.45, 2.75) is 31.1 Å². The van der Waals surface area contributed by atoms with Crippen LogP contribution in [0.4, 0.5) is 11.4 Å². The highest BCUT2D eigenvalue weighted by Crippen LogP contribution is 2.20. The zero-order chi connectivity index (χ0) is 16.9. The van der Waals surface area contributed by atoms with Crippen LogP contribution < -0.4 is 9.62 Å².